The first-order valence-corrected chi connectivity index (χ1v) is 11.2. The van der Waals surface area contributed by atoms with Crippen molar-refractivity contribution >= 4 is 17.4 Å². The molecule has 4 rings (SSSR count). The molecule has 3 aromatic carbocycles. The number of hydrogen-bond donors (Lipinski definition) is 4. The van der Waals surface area contributed by atoms with E-state index in [1.54, 1.807) is 54.9 Å². The third-order valence-electron chi connectivity index (χ3n) is 5.44. The summed E-state index contributed by atoms with van der Waals surface area (Å²) in [5.74, 6) is 0.786. The Kier molecular flexibility index (Phi) is 7.70. The molecule has 1 heterocycles. The van der Waals surface area contributed by atoms with Gasteiger partial charge in [0.1, 0.15) is 18.1 Å². The van der Waals surface area contributed by atoms with Crippen molar-refractivity contribution in [3.05, 3.63) is 120 Å². The molecule has 0 bridgehead atoms. The highest BCUT2D eigenvalue weighted by Crippen LogP contribution is 2.28. The van der Waals surface area contributed by atoms with Crippen LogP contribution in [0.15, 0.2) is 103 Å². The van der Waals surface area contributed by atoms with Crippen LogP contribution in [0.5, 0.6) is 11.5 Å². The van der Waals surface area contributed by atoms with E-state index in [1.165, 1.54) is 0 Å². The SMILES string of the molecule is N=C(CC(NC(=O)Nc1ccccc1COc1ccccc1)c1ccccc1O)c1cccnc1. The maximum atomic E-state index is 13.0. The van der Waals surface area contributed by atoms with Gasteiger partial charge in [-0.05, 0) is 30.3 Å². The normalized spacial score (nSPS) is 11.3. The van der Waals surface area contributed by atoms with Gasteiger partial charge >= 0.3 is 6.03 Å². The number of hydrogen-bond acceptors (Lipinski definition) is 5. The number of aromatic nitrogens is 1. The molecule has 0 aliphatic carbocycles. The van der Waals surface area contributed by atoms with E-state index in [-0.39, 0.29) is 18.8 Å². The number of para-hydroxylation sites is 3. The maximum absolute atomic E-state index is 13.0. The second kappa shape index (κ2) is 11.5. The lowest BCUT2D eigenvalue weighted by molar-refractivity contribution is 0.248. The largest absolute Gasteiger partial charge is 0.508 e. The summed E-state index contributed by atoms with van der Waals surface area (Å²) in [7, 11) is 0. The number of phenolic OH excluding ortho intramolecular Hbond substituents is 1. The van der Waals surface area contributed by atoms with Crippen LogP contribution in [-0.2, 0) is 6.61 Å². The second-order valence-corrected chi connectivity index (χ2v) is 7.89. The molecule has 0 saturated heterocycles. The summed E-state index contributed by atoms with van der Waals surface area (Å²) in [4.78, 5) is 17.1. The Morgan fingerprint density at radius 2 is 1.69 bits per heavy atom. The fourth-order valence-electron chi connectivity index (χ4n) is 3.65. The van der Waals surface area contributed by atoms with Crippen molar-refractivity contribution in [2.45, 2.75) is 19.1 Å². The number of phenols is 1. The molecule has 1 atom stereocenters. The minimum Gasteiger partial charge on any atom is -0.508 e. The second-order valence-electron chi connectivity index (χ2n) is 7.89. The van der Waals surface area contributed by atoms with Gasteiger partial charge in [-0.3, -0.25) is 4.98 Å². The lowest BCUT2D eigenvalue weighted by atomic mass is 9.97. The van der Waals surface area contributed by atoms with E-state index in [1.807, 2.05) is 48.5 Å². The van der Waals surface area contributed by atoms with Gasteiger partial charge in [-0.25, -0.2) is 4.79 Å². The quantitative estimate of drug-likeness (QED) is 0.238. The van der Waals surface area contributed by atoms with E-state index < -0.39 is 12.1 Å². The Labute approximate surface area is 204 Å². The van der Waals surface area contributed by atoms with Gasteiger partial charge in [0.2, 0.25) is 0 Å². The van der Waals surface area contributed by atoms with Crippen molar-refractivity contribution in [1.29, 1.82) is 5.41 Å². The highest BCUT2D eigenvalue weighted by Gasteiger charge is 2.21. The number of pyridine rings is 1. The lowest BCUT2D eigenvalue weighted by Crippen LogP contribution is -2.34. The third kappa shape index (κ3) is 6.45. The van der Waals surface area contributed by atoms with Crippen molar-refractivity contribution in [3.63, 3.8) is 0 Å². The summed E-state index contributed by atoms with van der Waals surface area (Å²) in [6.07, 6.45) is 3.42. The standard InChI is InChI=1S/C28H26N4O3/c29-24(20-10-8-16-30-18-20)17-26(23-13-5-7-15-27(23)33)32-28(34)31-25-14-6-4-9-21(25)19-35-22-11-2-1-3-12-22/h1-16,18,26,29,33H,17,19H2,(H2,31,32,34). The number of carbonyl (C=O) groups excluding carboxylic acids is 1. The molecule has 0 saturated carbocycles. The number of carbonyl (C=O) groups is 1. The van der Waals surface area contributed by atoms with E-state index in [2.05, 4.69) is 15.6 Å². The monoisotopic (exact) mass is 466 g/mol. The summed E-state index contributed by atoms with van der Waals surface area (Å²) in [6.45, 7) is 0.287. The Balaban J connectivity index is 1.48. The Bertz CT molecular complexity index is 1280. The minimum absolute atomic E-state index is 0.0495. The van der Waals surface area contributed by atoms with Crippen molar-refractivity contribution < 1.29 is 14.6 Å². The minimum atomic E-state index is -0.628. The number of anilines is 1. The number of urea groups is 1. The third-order valence-corrected chi connectivity index (χ3v) is 5.44. The Morgan fingerprint density at radius 1 is 0.943 bits per heavy atom. The highest BCUT2D eigenvalue weighted by atomic mass is 16.5. The predicted molar refractivity (Wildman–Crippen MR) is 136 cm³/mol. The Morgan fingerprint density at radius 3 is 2.46 bits per heavy atom. The van der Waals surface area contributed by atoms with Gasteiger partial charge in [-0.1, -0.05) is 60.7 Å². The zero-order chi connectivity index (χ0) is 24.5. The van der Waals surface area contributed by atoms with Crippen molar-refractivity contribution in [3.8, 4) is 11.5 Å². The molecule has 4 aromatic rings. The lowest BCUT2D eigenvalue weighted by Gasteiger charge is -2.21. The molecule has 0 aliphatic rings. The van der Waals surface area contributed by atoms with Crippen LogP contribution in [0.2, 0.25) is 0 Å². The molecule has 1 unspecified atom stereocenters. The van der Waals surface area contributed by atoms with Gasteiger partial charge < -0.3 is 25.9 Å². The molecular weight excluding hydrogens is 440 g/mol. The predicted octanol–water partition coefficient (Wildman–Crippen LogP) is 5.69. The summed E-state index contributed by atoms with van der Waals surface area (Å²) in [5, 5.41) is 24.7. The average molecular weight is 467 g/mol. The first-order valence-electron chi connectivity index (χ1n) is 11.2. The summed E-state index contributed by atoms with van der Waals surface area (Å²) < 4.78 is 5.84. The van der Waals surface area contributed by atoms with E-state index in [9.17, 15) is 9.90 Å². The van der Waals surface area contributed by atoms with Crippen LogP contribution in [-0.4, -0.2) is 21.8 Å². The zero-order valence-electron chi connectivity index (χ0n) is 19.0. The van der Waals surface area contributed by atoms with E-state index in [0.29, 0.717) is 22.5 Å². The van der Waals surface area contributed by atoms with Gasteiger partial charge in [0.05, 0.1) is 6.04 Å². The topological polar surface area (TPSA) is 107 Å². The van der Waals surface area contributed by atoms with E-state index >= 15 is 0 Å². The number of amides is 2. The Hall–Kier alpha value is -4.65. The molecule has 35 heavy (non-hydrogen) atoms. The molecular formula is C28H26N4O3. The van der Waals surface area contributed by atoms with Crippen LogP contribution in [0, 0.1) is 5.41 Å². The van der Waals surface area contributed by atoms with Crippen molar-refractivity contribution in [1.82, 2.24) is 10.3 Å². The number of ether oxygens (including phenoxy) is 1. The molecule has 0 radical (unpaired) electrons. The summed E-state index contributed by atoms with van der Waals surface area (Å²) >= 11 is 0. The molecule has 7 heteroatoms. The molecule has 7 nitrogen and oxygen atoms in total. The molecule has 0 fully saturated rings. The van der Waals surface area contributed by atoms with Crippen LogP contribution in [0.4, 0.5) is 10.5 Å². The summed E-state index contributed by atoms with van der Waals surface area (Å²) in [6, 6.07) is 26.1. The van der Waals surface area contributed by atoms with Gasteiger partial charge in [0.15, 0.2) is 0 Å². The van der Waals surface area contributed by atoms with E-state index in [4.69, 9.17) is 10.1 Å². The smallest absolute Gasteiger partial charge is 0.319 e. The average Bonchev–Trinajstić information content (AvgIpc) is 2.89. The van der Waals surface area contributed by atoms with Crippen LogP contribution in [0.25, 0.3) is 0 Å². The number of nitrogens with one attached hydrogen (secondary N) is 3. The fraction of sp³-hybridized carbons (Fsp3) is 0.107. The van der Waals surface area contributed by atoms with Gasteiger partial charge in [0, 0.05) is 46.9 Å². The zero-order valence-corrected chi connectivity index (χ0v) is 19.0. The van der Waals surface area contributed by atoms with Crippen molar-refractivity contribution in [2.75, 3.05) is 5.32 Å². The fourth-order valence-corrected chi connectivity index (χ4v) is 3.65. The molecule has 1 aromatic heterocycles. The van der Waals surface area contributed by atoms with Crippen LogP contribution in [0.3, 0.4) is 0 Å². The number of benzene rings is 3. The number of aromatic hydroxyl groups is 1. The first-order chi connectivity index (χ1) is 17.1. The molecule has 0 aliphatic heterocycles. The number of nitrogens with zero attached hydrogens (tertiary/aromatic N) is 1. The molecule has 2 amide bonds. The van der Waals surface area contributed by atoms with Gasteiger partial charge in [-0.2, -0.15) is 0 Å². The van der Waals surface area contributed by atoms with E-state index in [0.717, 1.165) is 11.3 Å². The summed E-state index contributed by atoms with van der Waals surface area (Å²) in [5.41, 5.74) is 2.90. The van der Waals surface area contributed by atoms with Crippen LogP contribution >= 0.6 is 0 Å². The maximum Gasteiger partial charge on any atom is 0.319 e. The molecule has 4 N–H and O–H groups in total. The van der Waals surface area contributed by atoms with Crippen LogP contribution in [0.1, 0.15) is 29.2 Å². The highest BCUT2D eigenvalue weighted by molar-refractivity contribution is 5.99. The van der Waals surface area contributed by atoms with Crippen LogP contribution < -0.4 is 15.4 Å². The van der Waals surface area contributed by atoms with Gasteiger partial charge in [0.25, 0.3) is 0 Å². The van der Waals surface area contributed by atoms with Crippen molar-refractivity contribution in [2.24, 2.45) is 0 Å². The molecule has 0 spiro atoms. The van der Waals surface area contributed by atoms with Gasteiger partial charge in [-0.15, -0.1) is 0 Å². The number of rotatable bonds is 9. The first kappa shape index (κ1) is 23.5. The molecule has 176 valence electrons.